The van der Waals surface area contributed by atoms with E-state index in [-0.39, 0.29) is 5.88 Å². The highest BCUT2D eigenvalue weighted by atomic mass is 16.6. The zero-order valence-corrected chi connectivity index (χ0v) is 13.2. The molecule has 0 aliphatic carbocycles. The summed E-state index contributed by atoms with van der Waals surface area (Å²) in [4.78, 5) is 10.2. The maximum absolute atomic E-state index is 12.4. The lowest BCUT2D eigenvalue weighted by Crippen LogP contribution is -2.31. The van der Waals surface area contributed by atoms with Crippen LogP contribution in [-0.2, 0) is 0 Å². The molecule has 0 amide bonds. The zero-order valence-electron chi connectivity index (χ0n) is 13.2. The molecule has 2 aromatic heterocycles. The fraction of sp³-hybridized carbons (Fsp3) is 0.188. The molecular formula is C16H14N2O6. The van der Waals surface area contributed by atoms with E-state index in [1.165, 1.54) is 26.4 Å². The molecule has 0 unspecified atom stereocenters. The number of benzene rings is 1. The number of aryl methyl sites for hydroxylation is 1. The predicted octanol–water partition coefficient (Wildman–Crippen LogP) is 2.97. The van der Waals surface area contributed by atoms with Crippen LogP contribution in [0.25, 0.3) is 22.2 Å². The molecule has 0 spiro atoms. The highest BCUT2D eigenvalue weighted by Crippen LogP contribution is 2.37. The minimum absolute atomic E-state index is 0.294. The fourth-order valence-corrected chi connectivity index (χ4v) is 2.56. The Hall–Kier alpha value is -3.29. The number of pyridine rings is 1. The molecule has 0 saturated heterocycles. The van der Waals surface area contributed by atoms with Crippen molar-refractivity contribution >= 4 is 16.8 Å². The Balaban J connectivity index is 2.34. The summed E-state index contributed by atoms with van der Waals surface area (Å²) in [5.41, 5.74) is 1.33. The van der Waals surface area contributed by atoms with Crippen molar-refractivity contribution in [3.05, 3.63) is 51.3 Å². The molecule has 0 bridgehead atoms. The average molecular weight is 330 g/mol. The first kappa shape index (κ1) is 15.6. The van der Waals surface area contributed by atoms with Crippen LogP contribution in [0.2, 0.25) is 0 Å². The quantitative estimate of drug-likeness (QED) is 0.315. The van der Waals surface area contributed by atoms with Crippen LogP contribution >= 0.6 is 0 Å². The van der Waals surface area contributed by atoms with Crippen molar-refractivity contribution in [1.29, 1.82) is 0 Å². The van der Waals surface area contributed by atoms with Crippen molar-refractivity contribution in [1.82, 2.24) is 0 Å². The molecule has 24 heavy (non-hydrogen) atoms. The molecular weight excluding hydrogens is 316 g/mol. The van der Waals surface area contributed by atoms with Gasteiger partial charge in [0.15, 0.2) is 17.2 Å². The Bertz CT molecular complexity index is 947. The minimum Gasteiger partial charge on any atom is -0.618 e. The van der Waals surface area contributed by atoms with E-state index < -0.39 is 4.92 Å². The second-order valence-electron chi connectivity index (χ2n) is 5.11. The third-order valence-electron chi connectivity index (χ3n) is 3.72. The molecule has 0 aliphatic heterocycles. The molecule has 8 heteroatoms. The molecule has 8 nitrogen and oxygen atoms in total. The molecule has 0 aliphatic rings. The lowest BCUT2D eigenvalue weighted by atomic mass is 10.0. The number of nitro groups is 1. The van der Waals surface area contributed by atoms with Gasteiger partial charge in [0.05, 0.1) is 31.7 Å². The van der Waals surface area contributed by atoms with E-state index in [1.54, 1.807) is 25.1 Å². The van der Waals surface area contributed by atoms with E-state index in [0.29, 0.717) is 39.4 Å². The Labute approximate surface area is 136 Å². The lowest BCUT2D eigenvalue weighted by molar-refractivity contribution is -0.584. The molecule has 0 N–H and O–H groups in total. The highest BCUT2D eigenvalue weighted by molar-refractivity contribution is 5.93. The third-order valence-corrected chi connectivity index (χ3v) is 3.72. The highest BCUT2D eigenvalue weighted by Gasteiger charge is 2.21. The zero-order chi connectivity index (χ0) is 17.4. The molecule has 3 aromatic rings. The Morgan fingerprint density at radius 1 is 1.12 bits per heavy atom. The summed E-state index contributed by atoms with van der Waals surface area (Å²) in [5.74, 6) is 0.783. The van der Waals surface area contributed by atoms with Crippen LogP contribution < -0.4 is 14.2 Å². The number of hydrogen-bond acceptors (Lipinski definition) is 6. The molecule has 0 atom stereocenters. The first-order valence-electron chi connectivity index (χ1n) is 6.99. The summed E-state index contributed by atoms with van der Waals surface area (Å²) in [7, 11) is 2.96. The van der Waals surface area contributed by atoms with Gasteiger partial charge < -0.3 is 19.1 Å². The van der Waals surface area contributed by atoms with Crippen LogP contribution in [-0.4, -0.2) is 19.1 Å². The number of hydrogen-bond donors (Lipinski definition) is 0. The van der Waals surface area contributed by atoms with Crippen LogP contribution in [0, 0.1) is 22.2 Å². The van der Waals surface area contributed by atoms with Crippen LogP contribution in [0.4, 0.5) is 5.88 Å². The number of furan rings is 1. The van der Waals surface area contributed by atoms with E-state index in [2.05, 4.69) is 0 Å². The maximum Gasteiger partial charge on any atom is 0.433 e. The van der Waals surface area contributed by atoms with Gasteiger partial charge in [-0.25, -0.2) is 0 Å². The van der Waals surface area contributed by atoms with Gasteiger partial charge in [-0.15, -0.1) is 0 Å². The normalized spacial score (nSPS) is 10.8. The maximum atomic E-state index is 12.4. The summed E-state index contributed by atoms with van der Waals surface area (Å²) in [6.45, 7) is 1.64. The van der Waals surface area contributed by atoms with Gasteiger partial charge in [0.1, 0.15) is 10.7 Å². The first-order valence-corrected chi connectivity index (χ1v) is 6.99. The van der Waals surface area contributed by atoms with Gasteiger partial charge in [-0.05, 0) is 12.1 Å². The van der Waals surface area contributed by atoms with Crippen molar-refractivity contribution in [2.75, 3.05) is 14.2 Å². The average Bonchev–Trinajstić information content (AvgIpc) is 3.07. The molecule has 2 heterocycles. The summed E-state index contributed by atoms with van der Waals surface area (Å²) in [5, 5.41) is 23.7. The van der Waals surface area contributed by atoms with E-state index in [0.717, 1.165) is 4.73 Å². The molecule has 0 radical (unpaired) electrons. The second kappa shape index (κ2) is 5.73. The number of fused-ring (bicyclic) bond motifs is 1. The molecule has 124 valence electrons. The Morgan fingerprint density at radius 3 is 2.38 bits per heavy atom. The monoisotopic (exact) mass is 330 g/mol. The topological polar surface area (TPSA) is 102 Å². The van der Waals surface area contributed by atoms with Crippen molar-refractivity contribution in [3.63, 3.8) is 0 Å². The molecule has 0 fully saturated rings. The van der Waals surface area contributed by atoms with E-state index >= 15 is 0 Å². The van der Waals surface area contributed by atoms with E-state index in [1.807, 2.05) is 0 Å². The van der Waals surface area contributed by atoms with E-state index in [4.69, 9.17) is 13.9 Å². The van der Waals surface area contributed by atoms with E-state index in [9.17, 15) is 15.3 Å². The fourth-order valence-electron chi connectivity index (χ4n) is 2.56. The van der Waals surface area contributed by atoms with Gasteiger partial charge in [-0.2, -0.15) is 4.73 Å². The Morgan fingerprint density at radius 2 is 1.79 bits per heavy atom. The smallest absolute Gasteiger partial charge is 0.433 e. The summed E-state index contributed by atoms with van der Waals surface area (Å²) < 4.78 is 16.5. The third kappa shape index (κ3) is 2.37. The number of nitrogens with zero attached hydrogens (tertiary/aromatic N) is 2. The standard InChI is InChI=1S/C16H14N2O6/c1-9-6-11(13-4-5-16(24-13)18(20)21)10-7-14(22-2)15(23-3)8-12(10)17(9)19/h4-8H,1-3H3. The Kier molecular flexibility index (Phi) is 3.72. The summed E-state index contributed by atoms with van der Waals surface area (Å²) in [6.07, 6.45) is 0. The van der Waals surface area contributed by atoms with Crippen LogP contribution in [0.15, 0.2) is 34.7 Å². The molecule has 0 saturated carbocycles. The first-order chi connectivity index (χ1) is 11.5. The number of rotatable bonds is 4. The second-order valence-corrected chi connectivity index (χ2v) is 5.11. The predicted molar refractivity (Wildman–Crippen MR) is 85.1 cm³/mol. The van der Waals surface area contributed by atoms with Crippen LogP contribution in [0.5, 0.6) is 11.5 Å². The number of methoxy groups -OCH3 is 2. The van der Waals surface area contributed by atoms with Gasteiger partial charge in [0.2, 0.25) is 5.52 Å². The van der Waals surface area contributed by atoms with Crippen LogP contribution in [0.1, 0.15) is 5.69 Å². The van der Waals surface area contributed by atoms with Crippen molar-refractivity contribution in [2.24, 2.45) is 0 Å². The SMILES string of the molecule is COc1cc2c(-c3ccc([N+](=O)[O-])o3)cc(C)[n+]([O-])c2cc1OC. The van der Waals surface area contributed by atoms with Gasteiger partial charge in [-0.1, -0.05) is 0 Å². The largest absolute Gasteiger partial charge is 0.618 e. The lowest BCUT2D eigenvalue weighted by Gasteiger charge is -2.12. The minimum atomic E-state index is -0.612. The van der Waals surface area contributed by atoms with Gasteiger partial charge in [-0.3, -0.25) is 10.1 Å². The number of ether oxygens (including phenoxy) is 2. The van der Waals surface area contributed by atoms with Gasteiger partial charge >= 0.3 is 5.88 Å². The summed E-state index contributed by atoms with van der Waals surface area (Å²) in [6, 6.07) is 7.60. The van der Waals surface area contributed by atoms with Crippen LogP contribution in [0.3, 0.4) is 0 Å². The molecule has 1 aromatic carbocycles. The van der Waals surface area contributed by atoms with Crippen molar-refractivity contribution in [3.8, 4) is 22.8 Å². The van der Waals surface area contributed by atoms with Crippen molar-refractivity contribution < 1.29 is 23.5 Å². The van der Waals surface area contributed by atoms with Crippen molar-refractivity contribution in [2.45, 2.75) is 6.92 Å². The molecule has 3 rings (SSSR count). The number of aromatic nitrogens is 1. The van der Waals surface area contributed by atoms with Gasteiger partial charge in [0.25, 0.3) is 0 Å². The van der Waals surface area contributed by atoms with Gasteiger partial charge in [0, 0.05) is 18.6 Å². The summed E-state index contributed by atoms with van der Waals surface area (Å²) >= 11 is 0.